The molecule has 0 spiro atoms. The molecule has 1 N–H and O–H groups in total. The zero-order valence-electron chi connectivity index (χ0n) is 13.1. The molecule has 24 heavy (non-hydrogen) atoms. The van der Waals surface area contributed by atoms with Crippen molar-refractivity contribution in [3.8, 4) is 11.4 Å². The third-order valence-electron chi connectivity index (χ3n) is 3.80. The molecule has 2 aromatic carbocycles. The fourth-order valence-corrected chi connectivity index (χ4v) is 2.59. The molecule has 0 aliphatic carbocycles. The Morgan fingerprint density at radius 2 is 1.96 bits per heavy atom. The first-order valence-electron chi connectivity index (χ1n) is 7.57. The Morgan fingerprint density at radius 3 is 2.79 bits per heavy atom. The van der Waals surface area contributed by atoms with Gasteiger partial charge >= 0.3 is 0 Å². The molecule has 2 aromatic heterocycles. The van der Waals surface area contributed by atoms with Crippen molar-refractivity contribution >= 4 is 16.7 Å². The topological polar surface area (TPSA) is 65.1 Å². The van der Waals surface area contributed by atoms with Crippen LogP contribution in [0.2, 0.25) is 0 Å². The minimum absolute atomic E-state index is 0.600. The second-order valence-electron chi connectivity index (χ2n) is 5.39. The van der Waals surface area contributed by atoms with Crippen molar-refractivity contribution in [2.24, 2.45) is 0 Å². The second kappa shape index (κ2) is 6.08. The van der Waals surface area contributed by atoms with Gasteiger partial charge in [0.2, 0.25) is 0 Å². The third-order valence-corrected chi connectivity index (χ3v) is 3.80. The fourth-order valence-electron chi connectivity index (χ4n) is 2.59. The molecule has 4 rings (SSSR count). The molecule has 0 radical (unpaired) electrons. The highest BCUT2D eigenvalue weighted by Crippen LogP contribution is 2.25. The van der Waals surface area contributed by atoms with E-state index in [1.54, 1.807) is 19.8 Å². The number of furan rings is 1. The Balaban J connectivity index is 1.51. The van der Waals surface area contributed by atoms with E-state index in [-0.39, 0.29) is 0 Å². The molecule has 0 fully saturated rings. The van der Waals surface area contributed by atoms with Crippen LogP contribution in [-0.2, 0) is 6.54 Å². The van der Waals surface area contributed by atoms with Crippen molar-refractivity contribution in [1.29, 1.82) is 0 Å². The summed E-state index contributed by atoms with van der Waals surface area (Å²) in [6, 6.07) is 15.8. The summed E-state index contributed by atoms with van der Waals surface area (Å²) in [5.41, 5.74) is 2.85. The van der Waals surface area contributed by atoms with Crippen LogP contribution in [0.4, 0.5) is 5.69 Å². The number of fused-ring (bicyclic) bond motifs is 1. The monoisotopic (exact) mass is 320 g/mol. The van der Waals surface area contributed by atoms with Gasteiger partial charge in [-0.1, -0.05) is 6.07 Å². The van der Waals surface area contributed by atoms with Crippen LogP contribution in [0.25, 0.3) is 16.7 Å². The molecule has 4 aromatic rings. The van der Waals surface area contributed by atoms with E-state index in [9.17, 15) is 0 Å². The molecule has 0 atom stereocenters. The van der Waals surface area contributed by atoms with Gasteiger partial charge in [0.1, 0.15) is 29.7 Å². The molecule has 0 bridgehead atoms. The Labute approximate surface area is 138 Å². The number of methoxy groups -OCH3 is 1. The molecule has 0 saturated heterocycles. The van der Waals surface area contributed by atoms with Gasteiger partial charge in [-0.05, 0) is 42.5 Å². The molecular formula is C18H16N4O2. The number of nitrogens with one attached hydrogen (secondary N) is 1. The van der Waals surface area contributed by atoms with Crippen LogP contribution in [0.3, 0.4) is 0 Å². The highest BCUT2D eigenvalue weighted by Gasteiger charge is 2.05. The summed E-state index contributed by atoms with van der Waals surface area (Å²) in [4.78, 5) is 0. The molecule has 120 valence electrons. The molecule has 0 saturated carbocycles. The van der Waals surface area contributed by atoms with E-state index in [0.717, 1.165) is 33.9 Å². The number of hydrogen-bond donors (Lipinski definition) is 1. The Morgan fingerprint density at radius 1 is 1.08 bits per heavy atom. The van der Waals surface area contributed by atoms with Crippen LogP contribution < -0.4 is 10.1 Å². The molecular weight excluding hydrogens is 304 g/mol. The molecule has 0 unspecified atom stereocenters. The minimum atomic E-state index is 0.600. The number of aromatic nitrogens is 3. The lowest BCUT2D eigenvalue weighted by atomic mass is 10.2. The fraction of sp³-hybridized carbons (Fsp3) is 0.111. The van der Waals surface area contributed by atoms with Crippen LogP contribution >= 0.6 is 0 Å². The number of ether oxygens (including phenoxy) is 1. The quantitative estimate of drug-likeness (QED) is 0.608. The van der Waals surface area contributed by atoms with Gasteiger partial charge in [-0.15, -0.1) is 10.2 Å². The van der Waals surface area contributed by atoms with Crippen LogP contribution in [0, 0.1) is 0 Å². The SMILES string of the molecule is COc1ccc2oc(CNc3cccc(-n4cnnc4)c3)cc2c1. The number of hydrogen-bond acceptors (Lipinski definition) is 5. The number of benzene rings is 2. The first kappa shape index (κ1) is 14.3. The summed E-state index contributed by atoms with van der Waals surface area (Å²) in [6.45, 7) is 0.600. The van der Waals surface area contributed by atoms with E-state index >= 15 is 0 Å². The Kier molecular flexibility index (Phi) is 3.63. The van der Waals surface area contributed by atoms with Crippen molar-refractivity contribution in [1.82, 2.24) is 14.8 Å². The molecule has 2 heterocycles. The highest BCUT2D eigenvalue weighted by molar-refractivity contribution is 5.79. The maximum absolute atomic E-state index is 5.85. The van der Waals surface area contributed by atoms with Gasteiger partial charge in [-0.25, -0.2) is 0 Å². The summed E-state index contributed by atoms with van der Waals surface area (Å²) in [7, 11) is 1.66. The average molecular weight is 320 g/mol. The maximum Gasteiger partial charge on any atom is 0.134 e. The number of nitrogens with zero attached hydrogens (tertiary/aromatic N) is 3. The van der Waals surface area contributed by atoms with Crippen molar-refractivity contribution in [2.45, 2.75) is 6.54 Å². The van der Waals surface area contributed by atoms with E-state index in [1.807, 2.05) is 53.1 Å². The van der Waals surface area contributed by atoms with Gasteiger partial charge in [-0.3, -0.25) is 4.57 Å². The first-order valence-corrected chi connectivity index (χ1v) is 7.57. The van der Waals surface area contributed by atoms with E-state index in [4.69, 9.17) is 9.15 Å². The van der Waals surface area contributed by atoms with Gasteiger partial charge in [0.05, 0.1) is 19.3 Å². The summed E-state index contributed by atoms with van der Waals surface area (Å²) in [5, 5.41) is 12.1. The van der Waals surface area contributed by atoms with Gasteiger partial charge in [-0.2, -0.15) is 0 Å². The minimum Gasteiger partial charge on any atom is -0.497 e. The van der Waals surface area contributed by atoms with E-state index < -0.39 is 0 Å². The normalized spacial score (nSPS) is 10.9. The van der Waals surface area contributed by atoms with Crippen molar-refractivity contribution in [3.63, 3.8) is 0 Å². The molecule has 6 heteroatoms. The molecule has 0 aliphatic rings. The maximum atomic E-state index is 5.85. The summed E-state index contributed by atoms with van der Waals surface area (Å²) >= 11 is 0. The Bertz CT molecular complexity index is 960. The lowest BCUT2D eigenvalue weighted by Crippen LogP contribution is -1.99. The van der Waals surface area contributed by atoms with Crippen LogP contribution in [0.15, 0.2) is 65.6 Å². The van der Waals surface area contributed by atoms with Crippen LogP contribution in [-0.4, -0.2) is 21.9 Å². The summed E-state index contributed by atoms with van der Waals surface area (Å²) in [5.74, 6) is 1.69. The number of anilines is 1. The lowest BCUT2D eigenvalue weighted by molar-refractivity contribution is 0.415. The highest BCUT2D eigenvalue weighted by atomic mass is 16.5. The molecule has 6 nitrogen and oxygen atoms in total. The van der Waals surface area contributed by atoms with Crippen molar-refractivity contribution < 1.29 is 9.15 Å². The predicted octanol–water partition coefficient (Wildman–Crippen LogP) is 3.63. The third kappa shape index (κ3) is 2.81. The standard InChI is InChI=1S/C18H16N4O2/c1-23-16-5-6-18-13(7-16)8-17(24-18)10-19-14-3-2-4-15(9-14)22-11-20-21-12-22/h2-9,11-12,19H,10H2,1H3. The number of rotatable bonds is 5. The van der Waals surface area contributed by atoms with E-state index in [0.29, 0.717) is 6.54 Å². The lowest BCUT2D eigenvalue weighted by Gasteiger charge is -2.07. The van der Waals surface area contributed by atoms with Crippen LogP contribution in [0.5, 0.6) is 5.75 Å². The van der Waals surface area contributed by atoms with Gasteiger partial charge in [0, 0.05) is 11.1 Å². The van der Waals surface area contributed by atoms with E-state index in [2.05, 4.69) is 15.5 Å². The predicted molar refractivity (Wildman–Crippen MR) is 91.5 cm³/mol. The largest absolute Gasteiger partial charge is 0.497 e. The molecule has 0 amide bonds. The zero-order chi connectivity index (χ0) is 16.4. The van der Waals surface area contributed by atoms with Gasteiger partial charge in [0.15, 0.2) is 0 Å². The summed E-state index contributed by atoms with van der Waals surface area (Å²) < 4.78 is 12.9. The second-order valence-corrected chi connectivity index (χ2v) is 5.39. The van der Waals surface area contributed by atoms with Gasteiger partial charge in [0.25, 0.3) is 0 Å². The summed E-state index contributed by atoms with van der Waals surface area (Å²) in [6.07, 6.45) is 3.34. The van der Waals surface area contributed by atoms with E-state index in [1.165, 1.54) is 0 Å². The Hall–Kier alpha value is -3.28. The zero-order valence-corrected chi connectivity index (χ0v) is 13.1. The average Bonchev–Trinajstić information content (AvgIpc) is 3.29. The van der Waals surface area contributed by atoms with Gasteiger partial charge < -0.3 is 14.5 Å². The smallest absolute Gasteiger partial charge is 0.134 e. The van der Waals surface area contributed by atoms with Crippen molar-refractivity contribution in [3.05, 3.63) is 66.9 Å². The van der Waals surface area contributed by atoms with Crippen LogP contribution in [0.1, 0.15) is 5.76 Å². The first-order chi connectivity index (χ1) is 11.8. The van der Waals surface area contributed by atoms with Crippen molar-refractivity contribution in [2.75, 3.05) is 12.4 Å². The molecule has 0 aliphatic heterocycles.